The number of rotatable bonds is 6. The smallest absolute Gasteiger partial charge is 0.0489 e. The molecule has 0 unspecified atom stereocenters. The third-order valence-corrected chi connectivity index (χ3v) is 1.95. The molecule has 3 heteroatoms. The van der Waals surface area contributed by atoms with Crippen LogP contribution in [0.5, 0.6) is 0 Å². The minimum Gasteiger partial charge on any atom is -0.313 e. The van der Waals surface area contributed by atoms with Gasteiger partial charge in [0.2, 0.25) is 0 Å². The van der Waals surface area contributed by atoms with Crippen LogP contribution in [0, 0.1) is 0 Å². The first-order valence-corrected chi connectivity index (χ1v) is 5.10. The molecule has 14 heavy (non-hydrogen) atoms. The number of aromatic nitrogens is 2. The molecule has 0 aromatic carbocycles. The lowest BCUT2D eigenvalue weighted by Gasteiger charge is -2.02. The van der Waals surface area contributed by atoms with Crippen molar-refractivity contribution in [1.82, 2.24) is 15.1 Å². The van der Waals surface area contributed by atoms with Crippen molar-refractivity contribution in [3.8, 4) is 0 Å². The zero-order chi connectivity index (χ0) is 10.2. The van der Waals surface area contributed by atoms with Crippen LogP contribution in [0.25, 0.3) is 0 Å². The van der Waals surface area contributed by atoms with Gasteiger partial charge in [0.05, 0.1) is 0 Å². The van der Waals surface area contributed by atoms with Gasteiger partial charge in [-0.1, -0.05) is 11.6 Å². The lowest BCUT2D eigenvalue weighted by Crippen LogP contribution is -2.17. The van der Waals surface area contributed by atoms with E-state index >= 15 is 0 Å². The van der Waals surface area contributed by atoms with Gasteiger partial charge in [-0.3, -0.25) is 4.68 Å². The maximum atomic E-state index is 4.14. The Labute approximate surface area is 85.8 Å². The Morgan fingerprint density at radius 1 is 1.50 bits per heavy atom. The molecular formula is C11H19N3. The Balaban J connectivity index is 1.98. The van der Waals surface area contributed by atoms with Crippen molar-refractivity contribution in [2.24, 2.45) is 0 Å². The number of hydrogen-bond donors (Lipinski definition) is 1. The molecule has 3 nitrogen and oxygen atoms in total. The van der Waals surface area contributed by atoms with Crippen molar-refractivity contribution in [2.45, 2.75) is 26.8 Å². The van der Waals surface area contributed by atoms with E-state index in [0.717, 1.165) is 26.1 Å². The van der Waals surface area contributed by atoms with Crippen LogP contribution in [-0.4, -0.2) is 22.9 Å². The fraction of sp³-hybridized carbons (Fsp3) is 0.545. The summed E-state index contributed by atoms with van der Waals surface area (Å²) in [5, 5.41) is 7.50. The standard InChI is InChI=1S/C11H19N3/c1-11(2)5-8-12-6-3-9-14-10-4-7-13-14/h4-5,7,10,12H,3,6,8-9H2,1-2H3. The zero-order valence-corrected chi connectivity index (χ0v) is 9.03. The van der Waals surface area contributed by atoms with Crippen LogP contribution in [0.2, 0.25) is 0 Å². The second kappa shape index (κ2) is 6.38. The van der Waals surface area contributed by atoms with Gasteiger partial charge in [-0.15, -0.1) is 0 Å². The van der Waals surface area contributed by atoms with Crippen molar-refractivity contribution < 1.29 is 0 Å². The topological polar surface area (TPSA) is 29.9 Å². The number of hydrogen-bond acceptors (Lipinski definition) is 2. The van der Waals surface area contributed by atoms with Crippen LogP contribution in [-0.2, 0) is 6.54 Å². The van der Waals surface area contributed by atoms with Crippen LogP contribution in [0.3, 0.4) is 0 Å². The molecule has 78 valence electrons. The predicted octanol–water partition coefficient (Wildman–Crippen LogP) is 1.83. The summed E-state index contributed by atoms with van der Waals surface area (Å²) in [5.74, 6) is 0. The Morgan fingerprint density at radius 2 is 2.36 bits per heavy atom. The molecule has 0 aliphatic carbocycles. The first-order valence-electron chi connectivity index (χ1n) is 5.10. The van der Waals surface area contributed by atoms with E-state index in [1.165, 1.54) is 5.57 Å². The summed E-state index contributed by atoms with van der Waals surface area (Å²) in [6.45, 7) is 7.25. The molecule has 0 atom stereocenters. The van der Waals surface area contributed by atoms with Crippen LogP contribution in [0.15, 0.2) is 30.1 Å². The summed E-state index contributed by atoms with van der Waals surface area (Å²) in [6.07, 6.45) is 7.14. The number of nitrogens with one attached hydrogen (secondary N) is 1. The molecule has 0 aliphatic rings. The summed E-state index contributed by atoms with van der Waals surface area (Å²) >= 11 is 0. The van der Waals surface area contributed by atoms with Crippen molar-refractivity contribution in [1.29, 1.82) is 0 Å². The van der Waals surface area contributed by atoms with E-state index in [4.69, 9.17) is 0 Å². The van der Waals surface area contributed by atoms with E-state index in [9.17, 15) is 0 Å². The first kappa shape index (κ1) is 11.0. The van der Waals surface area contributed by atoms with E-state index in [2.05, 4.69) is 30.3 Å². The molecule has 0 radical (unpaired) electrons. The van der Waals surface area contributed by atoms with Gasteiger partial charge >= 0.3 is 0 Å². The molecule has 1 N–H and O–H groups in total. The Bertz CT molecular complexity index is 258. The Morgan fingerprint density at radius 3 is 3.00 bits per heavy atom. The zero-order valence-electron chi connectivity index (χ0n) is 9.03. The molecule has 0 saturated heterocycles. The van der Waals surface area contributed by atoms with Gasteiger partial charge in [-0.25, -0.2) is 0 Å². The minimum atomic E-state index is 0.974. The van der Waals surface area contributed by atoms with Crippen LogP contribution in [0.1, 0.15) is 20.3 Å². The highest BCUT2D eigenvalue weighted by molar-refractivity contribution is 4.94. The van der Waals surface area contributed by atoms with Gasteiger partial charge in [0, 0.05) is 25.5 Å². The third-order valence-electron chi connectivity index (χ3n) is 1.95. The monoisotopic (exact) mass is 193 g/mol. The molecule has 1 rings (SSSR count). The van der Waals surface area contributed by atoms with Crippen LogP contribution >= 0.6 is 0 Å². The molecule has 0 saturated carbocycles. The maximum Gasteiger partial charge on any atom is 0.0489 e. The predicted molar refractivity (Wildman–Crippen MR) is 59.1 cm³/mol. The van der Waals surface area contributed by atoms with Gasteiger partial charge < -0.3 is 5.32 Å². The average molecular weight is 193 g/mol. The summed E-state index contributed by atoms with van der Waals surface area (Å²) in [5.41, 5.74) is 1.37. The molecule has 0 spiro atoms. The largest absolute Gasteiger partial charge is 0.313 e. The normalized spacial score (nSPS) is 10.1. The molecule has 1 aromatic heterocycles. The molecule has 0 bridgehead atoms. The SMILES string of the molecule is CC(C)=CCNCCCn1cccn1. The maximum absolute atomic E-state index is 4.14. The fourth-order valence-corrected chi connectivity index (χ4v) is 1.18. The highest BCUT2D eigenvalue weighted by atomic mass is 15.3. The van der Waals surface area contributed by atoms with Gasteiger partial charge in [0.25, 0.3) is 0 Å². The molecular weight excluding hydrogens is 174 g/mol. The second-order valence-electron chi connectivity index (χ2n) is 3.61. The van der Waals surface area contributed by atoms with Crippen LogP contribution < -0.4 is 5.32 Å². The second-order valence-corrected chi connectivity index (χ2v) is 3.61. The van der Waals surface area contributed by atoms with Crippen molar-refractivity contribution in [2.75, 3.05) is 13.1 Å². The molecule has 0 amide bonds. The molecule has 0 aliphatic heterocycles. The molecule has 1 aromatic rings. The minimum absolute atomic E-state index is 0.974. The Hall–Kier alpha value is -1.09. The van der Waals surface area contributed by atoms with Crippen molar-refractivity contribution in [3.63, 3.8) is 0 Å². The lowest BCUT2D eigenvalue weighted by atomic mass is 10.3. The first-order chi connectivity index (χ1) is 6.79. The van der Waals surface area contributed by atoms with E-state index < -0.39 is 0 Å². The quantitative estimate of drug-likeness (QED) is 0.552. The number of allylic oxidation sites excluding steroid dienone is 1. The summed E-state index contributed by atoms with van der Waals surface area (Å²) in [7, 11) is 0. The Kier molecular flexibility index (Phi) is 5.00. The highest BCUT2D eigenvalue weighted by Crippen LogP contribution is 1.88. The summed E-state index contributed by atoms with van der Waals surface area (Å²) in [4.78, 5) is 0. The highest BCUT2D eigenvalue weighted by Gasteiger charge is 1.89. The van der Waals surface area contributed by atoms with E-state index in [1.807, 2.05) is 23.1 Å². The van der Waals surface area contributed by atoms with Gasteiger partial charge in [-0.05, 0) is 32.9 Å². The third kappa shape index (κ3) is 4.82. The summed E-state index contributed by atoms with van der Waals surface area (Å²) < 4.78 is 1.96. The van der Waals surface area contributed by atoms with Crippen molar-refractivity contribution in [3.05, 3.63) is 30.1 Å². The van der Waals surface area contributed by atoms with Crippen molar-refractivity contribution >= 4 is 0 Å². The lowest BCUT2D eigenvalue weighted by molar-refractivity contribution is 0.555. The number of nitrogens with zero attached hydrogens (tertiary/aromatic N) is 2. The molecule has 0 fully saturated rings. The van der Waals surface area contributed by atoms with Gasteiger partial charge in [0.1, 0.15) is 0 Å². The van der Waals surface area contributed by atoms with Crippen LogP contribution in [0.4, 0.5) is 0 Å². The molecule has 1 heterocycles. The average Bonchev–Trinajstić information content (AvgIpc) is 2.63. The summed E-state index contributed by atoms with van der Waals surface area (Å²) in [6, 6.07) is 1.95. The van der Waals surface area contributed by atoms with E-state index in [1.54, 1.807) is 0 Å². The van der Waals surface area contributed by atoms with E-state index in [-0.39, 0.29) is 0 Å². The van der Waals surface area contributed by atoms with E-state index in [0.29, 0.717) is 0 Å². The number of aryl methyl sites for hydroxylation is 1. The van der Waals surface area contributed by atoms with Gasteiger partial charge in [0.15, 0.2) is 0 Å². The fourth-order valence-electron chi connectivity index (χ4n) is 1.18. The van der Waals surface area contributed by atoms with Gasteiger partial charge in [-0.2, -0.15) is 5.10 Å².